The zero-order chi connectivity index (χ0) is 29.8. The molecule has 0 saturated heterocycles. The molecule has 0 aromatic carbocycles. The number of hydrogen-bond donors (Lipinski definition) is 10. The number of carbonyl (C=O) groups excluding carboxylic acids is 3. The summed E-state index contributed by atoms with van der Waals surface area (Å²) in [4.78, 5) is 49.2. The third-order valence-electron chi connectivity index (χ3n) is 6.30. The normalized spacial score (nSPS) is 17.7. The van der Waals surface area contributed by atoms with Gasteiger partial charge < -0.3 is 52.5 Å². The average molecular weight is 566 g/mol. The molecule has 12 N–H and O–H groups in total. The standard InChI is InChI=1S/C25H39N7O8/c1-13(34)20(26)24(37)32-17(10-14-7-9-29-21(14)22(27)28)23(36)30-8-3-2-4-19(35)31-18(25(38)39)11-15-5-6-16(12-33)40-15/h5-7,13,17-18,20-21,29,33-34H,2-4,8-12,26H2,1H3,(H3,27,28)(H,30,36)(H,31,35)(H,32,37)(H,38,39). The molecule has 0 spiro atoms. The van der Waals surface area contributed by atoms with Crippen LogP contribution in [0, 0.1) is 5.41 Å². The number of rotatable bonds is 17. The van der Waals surface area contributed by atoms with Crippen LogP contribution in [0.1, 0.15) is 44.1 Å². The highest BCUT2D eigenvalue weighted by Gasteiger charge is 2.30. The predicted octanol–water partition coefficient (Wildman–Crippen LogP) is -2.41. The Morgan fingerprint density at radius 1 is 1.12 bits per heavy atom. The minimum absolute atomic E-state index is 0.0158. The number of hydrogen-bond acceptors (Lipinski definition) is 10. The molecule has 15 nitrogen and oxygen atoms in total. The molecule has 1 aromatic rings. The van der Waals surface area contributed by atoms with Crippen LogP contribution >= 0.6 is 0 Å². The van der Waals surface area contributed by atoms with Crippen molar-refractivity contribution in [3.05, 3.63) is 35.3 Å². The Hall–Kier alpha value is -3.79. The first-order valence-corrected chi connectivity index (χ1v) is 12.9. The number of amides is 3. The topological polar surface area (TPSA) is 266 Å². The molecule has 3 amide bonds. The largest absolute Gasteiger partial charge is 0.480 e. The summed E-state index contributed by atoms with van der Waals surface area (Å²) in [5.41, 5.74) is 12.0. The summed E-state index contributed by atoms with van der Waals surface area (Å²) in [7, 11) is 0. The highest BCUT2D eigenvalue weighted by atomic mass is 16.4. The maximum Gasteiger partial charge on any atom is 0.326 e. The lowest BCUT2D eigenvalue weighted by molar-refractivity contribution is -0.141. The zero-order valence-corrected chi connectivity index (χ0v) is 22.3. The van der Waals surface area contributed by atoms with Gasteiger partial charge in [0.2, 0.25) is 17.7 Å². The highest BCUT2D eigenvalue weighted by molar-refractivity contribution is 5.91. The van der Waals surface area contributed by atoms with E-state index in [2.05, 4.69) is 21.3 Å². The van der Waals surface area contributed by atoms with Gasteiger partial charge in [0.15, 0.2) is 0 Å². The lowest BCUT2D eigenvalue weighted by Gasteiger charge is -2.24. The van der Waals surface area contributed by atoms with Gasteiger partial charge in [0.1, 0.15) is 42.1 Å². The van der Waals surface area contributed by atoms with Crippen molar-refractivity contribution in [2.75, 3.05) is 13.1 Å². The lowest BCUT2D eigenvalue weighted by atomic mass is 9.99. The number of carbonyl (C=O) groups is 4. The number of amidine groups is 1. The van der Waals surface area contributed by atoms with Gasteiger partial charge in [-0.1, -0.05) is 6.08 Å². The molecule has 5 atom stereocenters. The second kappa shape index (κ2) is 15.7. The van der Waals surface area contributed by atoms with Crippen molar-refractivity contribution < 1.29 is 38.9 Å². The van der Waals surface area contributed by atoms with Crippen LogP contribution in [-0.2, 0) is 32.2 Å². The van der Waals surface area contributed by atoms with Crippen LogP contribution in [0.25, 0.3) is 0 Å². The predicted molar refractivity (Wildman–Crippen MR) is 143 cm³/mol. The molecule has 0 radical (unpaired) electrons. The molecule has 1 aromatic heterocycles. The Morgan fingerprint density at radius 3 is 2.42 bits per heavy atom. The Balaban J connectivity index is 1.85. The van der Waals surface area contributed by atoms with Crippen molar-refractivity contribution >= 4 is 29.5 Å². The van der Waals surface area contributed by atoms with Gasteiger partial charge in [0.25, 0.3) is 0 Å². The summed E-state index contributed by atoms with van der Waals surface area (Å²) in [6.07, 6.45) is 1.39. The molecule has 0 aliphatic carbocycles. The molecule has 2 rings (SSSR count). The first-order valence-electron chi connectivity index (χ1n) is 12.9. The highest BCUT2D eigenvalue weighted by Crippen LogP contribution is 2.16. The van der Waals surface area contributed by atoms with Gasteiger partial charge in [-0.2, -0.15) is 0 Å². The first-order chi connectivity index (χ1) is 18.9. The second-order valence-corrected chi connectivity index (χ2v) is 9.54. The fraction of sp³-hybridized carbons (Fsp3) is 0.560. The van der Waals surface area contributed by atoms with Crippen LogP contribution in [0.3, 0.4) is 0 Å². The van der Waals surface area contributed by atoms with Crippen LogP contribution in [0.2, 0.25) is 0 Å². The Morgan fingerprint density at radius 2 is 1.82 bits per heavy atom. The summed E-state index contributed by atoms with van der Waals surface area (Å²) in [5.74, 6) is -2.47. The maximum atomic E-state index is 12.9. The van der Waals surface area contributed by atoms with E-state index in [-0.39, 0.29) is 44.0 Å². The summed E-state index contributed by atoms with van der Waals surface area (Å²) in [6.45, 7) is 1.66. The molecule has 1 aliphatic rings. The Labute approximate surface area is 231 Å². The third-order valence-corrected chi connectivity index (χ3v) is 6.30. The van der Waals surface area contributed by atoms with E-state index in [1.54, 1.807) is 6.08 Å². The van der Waals surface area contributed by atoms with Crippen molar-refractivity contribution in [1.82, 2.24) is 21.3 Å². The van der Waals surface area contributed by atoms with E-state index >= 15 is 0 Å². The fourth-order valence-corrected chi connectivity index (χ4v) is 4.03. The van der Waals surface area contributed by atoms with Crippen molar-refractivity contribution in [1.29, 1.82) is 5.41 Å². The lowest BCUT2D eigenvalue weighted by Crippen LogP contribution is -2.55. The number of unbranched alkanes of at least 4 members (excludes halogenated alkanes) is 1. The summed E-state index contributed by atoms with van der Waals surface area (Å²) >= 11 is 0. The molecule has 0 bridgehead atoms. The minimum Gasteiger partial charge on any atom is -0.480 e. The minimum atomic E-state index is -1.24. The average Bonchev–Trinajstić information content (AvgIpc) is 3.56. The number of furan rings is 1. The SMILES string of the molecule is CC(O)C(N)C(=O)NC(CC1=CCNC1C(=N)N)C(=O)NCCCCC(=O)NC(Cc1ccc(CO)o1)C(=O)O. The molecule has 222 valence electrons. The van der Waals surface area contributed by atoms with Gasteiger partial charge in [-0.3, -0.25) is 19.8 Å². The van der Waals surface area contributed by atoms with Crippen molar-refractivity contribution in [2.24, 2.45) is 11.5 Å². The van der Waals surface area contributed by atoms with E-state index < -0.39 is 54.0 Å². The maximum absolute atomic E-state index is 12.9. The molecule has 40 heavy (non-hydrogen) atoms. The number of nitrogens with one attached hydrogen (secondary N) is 5. The molecular formula is C25H39N7O8. The van der Waals surface area contributed by atoms with E-state index in [0.717, 1.165) is 0 Å². The number of nitrogens with two attached hydrogens (primary N) is 2. The van der Waals surface area contributed by atoms with Crippen LogP contribution in [0.5, 0.6) is 0 Å². The van der Waals surface area contributed by atoms with Gasteiger partial charge >= 0.3 is 5.97 Å². The van der Waals surface area contributed by atoms with Gasteiger partial charge in [0, 0.05) is 25.9 Å². The number of aliphatic carboxylic acids is 1. The monoisotopic (exact) mass is 565 g/mol. The molecule has 0 saturated carbocycles. The van der Waals surface area contributed by atoms with Crippen molar-refractivity contribution in [2.45, 2.75) is 75.9 Å². The second-order valence-electron chi connectivity index (χ2n) is 9.54. The molecular weight excluding hydrogens is 526 g/mol. The zero-order valence-electron chi connectivity index (χ0n) is 22.3. The Kier molecular flexibility index (Phi) is 12.7. The third kappa shape index (κ3) is 10.1. The molecule has 1 aliphatic heterocycles. The van der Waals surface area contributed by atoms with Gasteiger partial charge in [-0.15, -0.1) is 0 Å². The van der Waals surface area contributed by atoms with E-state index in [4.69, 9.17) is 26.4 Å². The van der Waals surface area contributed by atoms with Crippen LogP contribution < -0.4 is 32.7 Å². The number of aliphatic hydroxyl groups is 2. The van der Waals surface area contributed by atoms with Crippen molar-refractivity contribution in [3.8, 4) is 0 Å². The first kappa shape index (κ1) is 32.4. The number of carboxylic acids is 1. The van der Waals surface area contributed by atoms with Gasteiger partial charge in [-0.25, -0.2) is 4.79 Å². The van der Waals surface area contributed by atoms with Gasteiger partial charge in [-0.05, 0) is 43.9 Å². The number of aliphatic hydroxyl groups excluding tert-OH is 2. The van der Waals surface area contributed by atoms with Crippen LogP contribution in [0.15, 0.2) is 28.2 Å². The van der Waals surface area contributed by atoms with E-state index in [1.165, 1.54) is 19.1 Å². The molecule has 2 heterocycles. The van der Waals surface area contributed by atoms with Crippen molar-refractivity contribution in [3.63, 3.8) is 0 Å². The Bertz CT molecular complexity index is 1090. The molecule has 0 fully saturated rings. The number of carboxylic acid groups (broad SMARTS) is 1. The molecule has 5 unspecified atom stereocenters. The van der Waals surface area contributed by atoms with Crippen LogP contribution in [-0.4, -0.2) is 88.2 Å². The fourth-order valence-electron chi connectivity index (χ4n) is 4.03. The van der Waals surface area contributed by atoms with E-state index in [9.17, 15) is 29.4 Å². The van der Waals surface area contributed by atoms with E-state index in [0.29, 0.717) is 30.7 Å². The summed E-state index contributed by atoms with van der Waals surface area (Å²) < 4.78 is 5.28. The smallest absolute Gasteiger partial charge is 0.326 e. The summed E-state index contributed by atoms with van der Waals surface area (Å²) in [6, 6.07) is -1.00. The summed E-state index contributed by atoms with van der Waals surface area (Å²) in [5, 5.41) is 46.5. The van der Waals surface area contributed by atoms with Crippen LogP contribution in [0.4, 0.5) is 0 Å². The molecule has 15 heteroatoms. The van der Waals surface area contributed by atoms with Gasteiger partial charge in [0.05, 0.1) is 12.1 Å². The quantitative estimate of drug-likeness (QED) is 0.0411. The van der Waals surface area contributed by atoms with E-state index in [1.807, 2.05) is 0 Å².